The van der Waals surface area contributed by atoms with Crippen LogP contribution in [-0.2, 0) is 0 Å². The fourth-order valence-electron chi connectivity index (χ4n) is 3.31. The van der Waals surface area contributed by atoms with Crippen molar-refractivity contribution in [2.75, 3.05) is 0 Å². The summed E-state index contributed by atoms with van der Waals surface area (Å²) in [6, 6.07) is 13.3. The number of nitrogens with zero attached hydrogens (tertiary/aromatic N) is 5. The van der Waals surface area contributed by atoms with Gasteiger partial charge in [-0.25, -0.2) is 9.67 Å². The number of benzene rings is 2. The summed E-state index contributed by atoms with van der Waals surface area (Å²) >= 11 is 0. The molecule has 30 heavy (non-hydrogen) atoms. The second-order valence-electron chi connectivity index (χ2n) is 6.89. The van der Waals surface area contributed by atoms with Crippen LogP contribution in [0.2, 0.25) is 0 Å². The molecular weight excluding hydrogens is 384 g/mol. The summed E-state index contributed by atoms with van der Waals surface area (Å²) in [4.78, 5) is 28.1. The van der Waals surface area contributed by atoms with Crippen molar-refractivity contribution in [2.45, 2.75) is 19.9 Å². The third kappa shape index (κ3) is 3.60. The number of nitro benzene ring substituents is 1. The minimum atomic E-state index is -0.513. The van der Waals surface area contributed by atoms with Crippen molar-refractivity contribution in [3.05, 3.63) is 87.7 Å². The maximum absolute atomic E-state index is 12.9. The standard InChI is InChI=1S/C21H18N6O3/c1-13-7-8-15(27(29)30)11-17(13)21(28)23-14(2)18-12-20(26-10-9-22-25-26)24-19-6-4-3-5-16(18)19/h3-12,14H,1-2H3,(H,23,28). The van der Waals surface area contributed by atoms with Gasteiger partial charge < -0.3 is 5.32 Å². The number of aryl methyl sites for hydroxylation is 1. The molecule has 0 saturated heterocycles. The summed E-state index contributed by atoms with van der Waals surface area (Å²) in [5, 5.41) is 22.7. The van der Waals surface area contributed by atoms with E-state index in [0.29, 0.717) is 11.4 Å². The van der Waals surface area contributed by atoms with Crippen LogP contribution < -0.4 is 5.32 Å². The molecule has 4 rings (SSSR count). The number of nitro groups is 1. The maximum atomic E-state index is 12.9. The lowest BCUT2D eigenvalue weighted by Gasteiger charge is -2.18. The number of amides is 1. The van der Waals surface area contributed by atoms with Gasteiger partial charge in [0, 0.05) is 23.1 Å². The molecule has 2 aromatic carbocycles. The Balaban J connectivity index is 1.71. The first kappa shape index (κ1) is 19.2. The van der Waals surface area contributed by atoms with Crippen LogP contribution in [0.15, 0.2) is 60.9 Å². The Hall–Kier alpha value is -4.14. The Morgan fingerprint density at radius 1 is 1.20 bits per heavy atom. The van der Waals surface area contributed by atoms with Crippen LogP contribution in [0.25, 0.3) is 16.7 Å². The number of hydrogen-bond acceptors (Lipinski definition) is 6. The van der Waals surface area contributed by atoms with E-state index in [1.807, 2.05) is 37.3 Å². The highest BCUT2D eigenvalue weighted by molar-refractivity contribution is 5.97. The van der Waals surface area contributed by atoms with Gasteiger partial charge in [0.2, 0.25) is 0 Å². The van der Waals surface area contributed by atoms with Crippen LogP contribution in [-0.4, -0.2) is 30.8 Å². The summed E-state index contributed by atoms with van der Waals surface area (Å²) in [7, 11) is 0. The minimum absolute atomic E-state index is 0.124. The molecule has 0 bridgehead atoms. The maximum Gasteiger partial charge on any atom is 0.270 e. The Morgan fingerprint density at radius 3 is 2.73 bits per heavy atom. The van der Waals surface area contributed by atoms with Gasteiger partial charge in [-0.2, -0.15) is 0 Å². The molecule has 0 aliphatic rings. The molecule has 150 valence electrons. The van der Waals surface area contributed by atoms with Crippen molar-refractivity contribution in [2.24, 2.45) is 0 Å². The lowest BCUT2D eigenvalue weighted by molar-refractivity contribution is -0.384. The second kappa shape index (κ2) is 7.70. The Bertz CT molecular complexity index is 1250. The topological polar surface area (TPSA) is 116 Å². The summed E-state index contributed by atoms with van der Waals surface area (Å²) in [5.74, 6) is 0.195. The van der Waals surface area contributed by atoms with E-state index in [-0.39, 0.29) is 23.2 Å². The van der Waals surface area contributed by atoms with Crippen LogP contribution in [0.4, 0.5) is 5.69 Å². The van der Waals surface area contributed by atoms with Crippen molar-refractivity contribution in [1.29, 1.82) is 0 Å². The number of carbonyl (C=O) groups excluding carboxylic acids is 1. The van der Waals surface area contributed by atoms with Crippen molar-refractivity contribution in [3.8, 4) is 5.82 Å². The van der Waals surface area contributed by atoms with E-state index in [2.05, 4.69) is 20.6 Å². The molecule has 0 fully saturated rings. The molecule has 0 saturated carbocycles. The number of aromatic nitrogens is 4. The first-order chi connectivity index (χ1) is 14.4. The molecule has 0 spiro atoms. The van der Waals surface area contributed by atoms with Crippen molar-refractivity contribution in [1.82, 2.24) is 25.3 Å². The Labute approximate surface area is 171 Å². The van der Waals surface area contributed by atoms with Crippen LogP contribution in [0.5, 0.6) is 0 Å². The normalized spacial score (nSPS) is 11.9. The van der Waals surface area contributed by atoms with Crippen LogP contribution in [0.1, 0.15) is 34.5 Å². The van der Waals surface area contributed by atoms with E-state index in [1.54, 1.807) is 30.1 Å². The number of nitrogens with one attached hydrogen (secondary N) is 1. The molecule has 1 N–H and O–H groups in total. The molecular formula is C21H18N6O3. The fourth-order valence-corrected chi connectivity index (χ4v) is 3.31. The van der Waals surface area contributed by atoms with Gasteiger partial charge in [0.25, 0.3) is 11.6 Å². The van der Waals surface area contributed by atoms with E-state index in [4.69, 9.17) is 0 Å². The largest absolute Gasteiger partial charge is 0.345 e. The number of non-ortho nitro benzene ring substituents is 1. The molecule has 2 aromatic heterocycles. The molecule has 0 aliphatic heterocycles. The van der Waals surface area contributed by atoms with Gasteiger partial charge >= 0.3 is 0 Å². The van der Waals surface area contributed by atoms with Crippen LogP contribution in [0, 0.1) is 17.0 Å². The molecule has 0 aliphatic carbocycles. The lowest BCUT2D eigenvalue weighted by Crippen LogP contribution is -2.27. The average Bonchev–Trinajstić information content (AvgIpc) is 3.28. The van der Waals surface area contributed by atoms with Gasteiger partial charge in [0.05, 0.1) is 28.9 Å². The predicted molar refractivity (Wildman–Crippen MR) is 110 cm³/mol. The number of rotatable bonds is 5. The number of para-hydroxylation sites is 1. The fraction of sp³-hybridized carbons (Fsp3) is 0.143. The number of hydrogen-bond donors (Lipinski definition) is 1. The average molecular weight is 402 g/mol. The zero-order valence-electron chi connectivity index (χ0n) is 16.3. The summed E-state index contributed by atoms with van der Waals surface area (Å²) in [6.45, 7) is 3.60. The SMILES string of the molecule is Cc1ccc([N+](=O)[O-])cc1C(=O)NC(C)c1cc(-n2ccnn2)nc2ccccc12. The lowest BCUT2D eigenvalue weighted by atomic mass is 10.0. The second-order valence-corrected chi connectivity index (χ2v) is 6.89. The quantitative estimate of drug-likeness (QED) is 0.403. The van der Waals surface area contributed by atoms with Crippen LogP contribution >= 0.6 is 0 Å². The van der Waals surface area contributed by atoms with E-state index >= 15 is 0 Å². The van der Waals surface area contributed by atoms with E-state index in [1.165, 1.54) is 12.1 Å². The molecule has 0 radical (unpaired) electrons. The molecule has 1 unspecified atom stereocenters. The summed E-state index contributed by atoms with van der Waals surface area (Å²) in [5.41, 5.74) is 2.41. The first-order valence-corrected chi connectivity index (χ1v) is 9.26. The number of pyridine rings is 1. The van der Waals surface area contributed by atoms with Gasteiger partial charge in [0.1, 0.15) is 0 Å². The van der Waals surface area contributed by atoms with Gasteiger partial charge in [-0.1, -0.05) is 29.5 Å². The minimum Gasteiger partial charge on any atom is -0.345 e. The van der Waals surface area contributed by atoms with Crippen LogP contribution in [0.3, 0.4) is 0 Å². The predicted octanol–water partition coefficient (Wildman–Crippen LogP) is 3.52. The Morgan fingerprint density at radius 2 is 2.00 bits per heavy atom. The van der Waals surface area contributed by atoms with Crippen molar-refractivity contribution in [3.63, 3.8) is 0 Å². The Kier molecular flexibility index (Phi) is 4.93. The summed E-state index contributed by atoms with van der Waals surface area (Å²) in [6.07, 6.45) is 3.25. The highest BCUT2D eigenvalue weighted by atomic mass is 16.6. The first-order valence-electron chi connectivity index (χ1n) is 9.26. The number of carbonyl (C=O) groups is 1. The highest BCUT2D eigenvalue weighted by Crippen LogP contribution is 2.26. The van der Waals surface area contributed by atoms with E-state index < -0.39 is 4.92 Å². The van der Waals surface area contributed by atoms with Gasteiger partial charge in [-0.3, -0.25) is 14.9 Å². The monoisotopic (exact) mass is 402 g/mol. The number of fused-ring (bicyclic) bond motifs is 1. The molecule has 9 nitrogen and oxygen atoms in total. The van der Waals surface area contributed by atoms with E-state index in [0.717, 1.165) is 16.5 Å². The molecule has 2 heterocycles. The van der Waals surface area contributed by atoms with Gasteiger partial charge in [0.15, 0.2) is 5.82 Å². The molecule has 1 amide bonds. The van der Waals surface area contributed by atoms with Crippen molar-refractivity contribution < 1.29 is 9.72 Å². The zero-order valence-corrected chi connectivity index (χ0v) is 16.3. The van der Waals surface area contributed by atoms with Gasteiger partial charge in [-0.15, -0.1) is 5.10 Å². The molecule has 4 aromatic rings. The third-order valence-corrected chi connectivity index (χ3v) is 4.88. The van der Waals surface area contributed by atoms with Gasteiger partial charge in [-0.05, 0) is 37.1 Å². The summed E-state index contributed by atoms with van der Waals surface area (Å²) < 4.78 is 1.55. The van der Waals surface area contributed by atoms with E-state index in [9.17, 15) is 14.9 Å². The smallest absolute Gasteiger partial charge is 0.270 e. The zero-order chi connectivity index (χ0) is 21.3. The van der Waals surface area contributed by atoms with Crippen molar-refractivity contribution >= 4 is 22.5 Å². The molecule has 9 heteroatoms. The highest BCUT2D eigenvalue weighted by Gasteiger charge is 2.19. The molecule has 1 atom stereocenters. The third-order valence-electron chi connectivity index (χ3n) is 4.88.